The molecule has 0 aliphatic heterocycles. The van der Waals surface area contributed by atoms with Crippen molar-refractivity contribution in [1.29, 1.82) is 0 Å². The van der Waals surface area contributed by atoms with Crippen LogP contribution in [-0.2, 0) is 14.4 Å². The average molecular weight is 547 g/mol. The summed E-state index contributed by atoms with van der Waals surface area (Å²) >= 11 is 0. The van der Waals surface area contributed by atoms with Crippen LogP contribution < -0.4 is 23.7 Å². The summed E-state index contributed by atoms with van der Waals surface area (Å²) in [5.41, 5.74) is 1.26. The van der Waals surface area contributed by atoms with Gasteiger partial charge in [0.2, 0.25) is 0 Å². The van der Waals surface area contributed by atoms with Crippen LogP contribution in [0.5, 0.6) is 28.7 Å². The third-order valence-corrected chi connectivity index (χ3v) is 5.13. The summed E-state index contributed by atoms with van der Waals surface area (Å²) < 4.78 is 41.5. The molecule has 0 aromatic heterocycles. The summed E-state index contributed by atoms with van der Waals surface area (Å²) in [4.78, 5) is 35.3. The number of hydrogen-bond acceptors (Lipinski definition) is 8. The van der Waals surface area contributed by atoms with Crippen LogP contribution in [0.25, 0.3) is 11.1 Å². The van der Waals surface area contributed by atoms with Crippen molar-refractivity contribution in [3.8, 4) is 39.9 Å². The Morgan fingerprint density at radius 3 is 1.80 bits per heavy atom. The Morgan fingerprint density at radius 1 is 0.700 bits per heavy atom. The van der Waals surface area contributed by atoms with Crippen molar-refractivity contribution in [2.45, 2.75) is 13.8 Å². The summed E-state index contributed by atoms with van der Waals surface area (Å²) in [7, 11) is 0. The molecule has 0 saturated heterocycles. The fourth-order valence-electron chi connectivity index (χ4n) is 3.10. The molecule has 40 heavy (non-hydrogen) atoms. The molecule has 0 atom stereocenters. The summed E-state index contributed by atoms with van der Waals surface area (Å²) in [6, 6.07) is 15.2. The molecule has 0 saturated carbocycles. The van der Waals surface area contributed by atoms with Crippen molar-refractivity contribution in [3.05, 3.63) is 103 Å². The molecule has 0 heterocycles. The van der Waals surface area contributed by atoms with Crippen molar-refractivity contribution >= 4 is 17.9 Å². The summed E-state index contributed by atoms with van der Waals surface area (Å²) in [5.74, 6) is -1.76. The lowest BCUT2D eigenvalue weighted by Crippen LogP contribution is -2.12. The molecule has 3 rings (SSSR count). The van der Waals surface area contributed by atoms with Crippen molar-refractivity contribution in [3.63, 3.8) is 0 Å². The zero-order valence-electron chi connectivity index (χ0n) is 22.0. The summed E-state index contributed by atoms with van der Waals surface area (Å²) in [5, 5.41) is 0. The van der Waals surface area contributed by atoms with Crippen molar-refractivity contribution in [2.24, 2.45) is 0 Å². The van der Waals surface area contributed by atoms with Crippen LogP contribution in [0, 0.1) is 5.82 Å². The van der Waals surface area contributed by atoms with E-state index in [0.717, 1.165) is 6.08 Å². The van der Waals surface area contributed by atoms with E-state index < -0.39 is 23.7 Å². The summed E-state index contributed by atoms with van der Waals surface area (Å²) in [6.45, 7) is 13.6. The van der Waals surface area contributed by atoms with Crippen LogP contribution in [0.15, 0.2) is 97.6 Å². The third kappa shape index (κ3) is 8.16. The smallest absolute Gasteiger partial charge is 0.338 e. The van der Waals surface area contributed by atoms with Gasteiger partial charge < -0.3 is 23.7 Å². The number of carbonyl (C=O) groups is 3. The minimum atomic E-state index is -0.714. The van der Waals surface area contributed by atoms with Gasteiger partial charge in [0.1, 0.15) is 24.7 Å². The van der Waals surface area contributed by atoms with Crippen LogP contribution in [0.4, 0.5) is 4.39 Å². The first-order valence-electron chi connectivity index (χ1n) is 12.0. The number of benzene rings is 3. The number of halogens is 1. The molecule has 0 radical (unpaired) electrons. The van der Waals surface area contributed by atoms with E-state index in [1.807, 2.05) is 0 Å². The van der Waals surface area contributed by atoms with E-state index in [1.165, 1.54) is 38.1 Å². The first-order valence-corrected chi connectivity index (χ1v) is 12.0. The maximum atomic E-state index is 14.8. The van der Waals surface area contributed by atoms with Gasteiger partial charge in [-0.3, -0.25) is 0 Å². The highest BCUT2D eigenvalue weighted by atomic mass is 19.1. The highest BCUT2D eigenvalue weighted by Gasteiger charge is 2.17. The number of ether oxygens (including phenoxy) is 5. The van der Waals surface area contributed by atoms with Gasteiger partial charge in [-0.05, 0) is 73.5 Å². The second-order valence-corrected chi connectivity index (χ2v) is 8.44. The van der Waals surface area contributed by atoms with Crippen LogP contribution in [0.1, 0.15) is 13.8 Å². The van der Waals surface area contributed by atoms with Gasteiger partial charge in [-0.2, -0.15) is 0 Å². The Balaban J connectivity index is 1.66. The summed E-state index contributed by atoms with van der Waals surface area (Å²) in [6.07, 6.45) is 1.06. The molecule has 0 spiro atoms. The Kier molecular flexibility index (Phi) is 9.96. The molecule has 9 heteroatoms. The monoisotopic (exact) mass is 546 g/mol. The predicted molar refractivity (Wildman–Crippen MR) is 146 cm³/mol. The van der Waals surface area contributed by atoms with E-state index in [-0.39, 0.29) is 41.6 Å². The Hall–Kier alpha value is -5.18. The topological polar surface area (TPSA) is 97.4 Å². The Labute approximate surface area is 230 Å². The third-order valence-electron chi connectivity index (χ3n) is 5.13. The second-order valence-electron chi connectivity index (χ2n) is 8.44. The quantitative estimate of drug-likeness (QED) is 0.118. The lowest BCUT2D eigenvalue weighted by atomic mass is 10.0. The van der Waals surface area contributed by atoms with E-state index in [0.29, 0.717) is 22.6 Å². The number of hydrogen-bond donors (Lipinski definition) is 0. The first kappa shape index (κ1) is 29.4. The van der Waals surface area contributed by atoms with Gasteiger partial charge >= 0.3 is 17.9 Å². The normalized spacial score (nSPS) is 10.2. The van der Waals surface area contributed by atoms with Gasteiger partial charge in [0.25, 0.3) is 0 Å². The molecular weight excluding hydrogens is 519 g/mol. The average Bonchev–Trinajstić information content (AvgIpc) is 2.93. The molecule has 0 unspecified atom stereocenters. The molecule has 0 aliphatic carbocycles. The van der Waals surface area contributed by atoms with Gasteiger partial charge in [-0.25, -0.2) is 18.8 Å². The lowest BCUT2D eigenvalue weighted by molar-refractivity contribution is -0.132. The predicted octanol–water partition coefficient (Wildman–Crippen LogP) is 6.00. The standard InChI is InChI=1S/C31H27FO8/c1-6-29(33)38-24-11-9-23(10-12-24)36-15-16-37-26-13-7-21(17-25(26)32)22-8-14-27(39-30(34)19(2)3)28(18-22)40-31(35)20(4)5/h6-14,17-18H,1-2,4,15-16H2,3,5H3. The molecule has 0 bridgehead atoms. The second kappa shape index (κ2) is 13.6. The largest absolute Gasteiger partial charge is 0.490 e. The SMILES string of the molecule is C=CC(=O)Oc1ccc(OCCOc2ccc(-c3ccc(OC(=O)C(=C)C)c(OC(=O)C(=C)C)c3)cc2F)cc1. The zero-order chi connectivity index (χ0) is 29.2. The molecule has 0 N–H and O–H groups in total. The van der Waals surface area contributed by atoms with Crippen molar-refractivity contribution in [2.75, 3.05) is 13.2 Å². The number of rotatable bonds is 12. The maximum Gasteiger partial charge on any atom is 0.338 e. The minimum absolute atomic E-state index is 0.000747. The van der Waals surface area contributed by atoms with E-state index in [9.17, 15) is 18.8 Å². The molecule has 0 fully saturated rings. The molecule has 8 nitrogen and oxygen atoms in total. The Bertz CT molecular complexity index is 1460. The van der Waals surface area contributed by atoms with E-state index >= 15 is 0 Å². The Morgan fingerprint density at radius 2 is 1.23 bits per heavy atom. The molecule has 3 aromatic carbocycles. The van der Waals surface area contributed by atoms with Gasteiger partial charge in [-0.1, -0.05) is 31.9 Å². The van der Waals surface area contributed by atoms with Gasteiger partial charge in [-0.15, -0.1) is 0 Å². The zero-order valence-corrected chi connectivity index (χ0v) is 22.0. The van der Waals surface area contributed by atoms with E-state index in [1.54, 1.807) is 36.4 Å². The lowest BCUT2D eigenvalue weighted by Gasteiger charge is -2.13. The van der Waals surface area contributed by atoms with Crippen LogP contribution in [0.3, 0.4) is 0 Å². The minimum Gasteiger partial charge on any atom is -0.490 e. The molecule has 3 aromatic rings. The molecule has 206 valence electrons. The van der Waals surface area contributed by atoms with Crippen LogP contribution >= 0.6 is 0 Å². The van der Waals surface area contributed by atoms with Crippen LogP contribution in [0.2, 0.25) is 0 Å². The molecule has 0 amide bonds. The van der Waals surface area contributed by atoms with Crippen molar-refractivity contribution in [1.82, 2.24) is 0 Å². The van der Waals surface area contributed by atoms with Gasteiger partial charge in [0.15, 0.2) is 23.1 Å². The highest BCUT2D eigenvalue weighted by Crippen LogP contribution is 2.35. The van der Waals surface area contributed by atoms with Gasteiger partial charge in [0, 0.05) is 17.2 Å². The number of carbonyl (C=O) groups excluding carboxylic acids is 3. The maximum absolute atomic E-state index is 14.8. The van der Waals surface area contributed by atoms with E-state index in [4.69, 9.17) is 23.7 Å². The van der Waals surface area contributed by atoms with E-state index in [2.05, 4.69) is 19.7 Å². The first-order chi connectivity index (χ1) is 19.1. The fourth-order valence-corrected chi connectivity index (χ4v) is 3.10. The van der Waals surface area contributed by atoms with Crippen LogP contribution in [-0.4, -0.2) is 31.1 Å². The molecular formula is C31H27FO8. The van der Waals surface area contributed by atoms with Crippen molar-refractivity contribution < 1.29 is 42.5 Å². The number of esters is 3. The highest BCUT2D eigenvalue weighted by molar-refractivity contribution is 5.91. The molecule has 0 aliphatic rings. The fraction of sp³-hybridized carbons (Fsp3) is 0.129. The van der Waals surface area contributed by atoms with Gasteiger partial charge in [0.05, 0.1) is 0 Å².